The van der Waals surface area contributed by atoms with Crippen LogP contribution in [0.25, 0.3) is 0 Å². The van der Waals surface area contributed by atoms with Gasteiger partial charge in [-0.3, -0.25) is 4.68 Å². The van der Waals surface area contributed by atoms with E-state index in [2.05, 4.69) is 41.6 Å². The Bertz CT molecular complexity index is 486. The minimum absolute atomic E-state index is 0.841. The molecule has 0 aliphatic heterocycles. The van der Waals surface area contributed by atoms with Gasteiger partial charge in [0, 0.05) is 19.8 Å². The van der Waals surface area contributed by atoms with Gasteiger partial charge in [-0.1, -0.05) is 29.8 Å². The average Bonchev–Trinajstić information content (AvgIpc) is 2.54. The van der Waals surface area contributed by atoms with E-state index in [1.165, 1.54) is 11.1 Å². The van der Waals surface area contributed by atoms with Gasteiger partial charge in [0.2, 0.25) is 0 Å². The maximum absolute atomic E-state index is 4.30. The van der Waals surface area contributed by atoms with Crippen molar-refractivity contribution in [1.29, 1.82) is 0 Å². The number of nitrogens with zero attached hydrogens (tertiary/aromatic N) is 2. The van der Waals surface area contributed by atoms with Crippen LogP contribution in [0.1, 0.15) is 16.8 Å². The van der Waals surface area contributed by atoms with E-state index in [4.69, 9.17) is 0 Å². The topological polar surface area (TPSA) is 29.9 Å². The van der Waals surface area contributed by atoms with E-state index in [9.17, 15) is 0 Å². The molecule has 1 aromatic carbocycles. The lowest BCUT2D eigenvalue weighted by atomic mass is 10.1. The molecular weight excluding hydrogens is 198 g/mol. The van der Waals surface area contributed by atoms with E-state index in [1.807, 2.05) is 24.9 Å². The summed E-state index contributed by atoms with van der Waals surface area (Å²) in [5.74, 6) is 0. The van der Waals surface area contributed by atoms with Crippen LogP contribution >= 0.6 is 0 Å². The smallest absolute Gasteiger partial charge is 0.0825 e. The van der Waals surface area contributed by atoms with Crippen LogP contribution in [0.5, 0.6) is 0 Å². The summed E-state index contributed by atoms with van der Waals surface area (Å²) in [5.41, 5.74) is 4.73. The van der Waals surface area contributed by atoms with Crippen LogP contribution in [0.3, 0.4) is 0 Å². The average molecular weight is 215 g/mol. The van der Waals surface area contributed by atoms with Gasteiger partial charge in [0.15, 0.2) is 0 Å². The van der Waals surface area contributed by atoms with Crippen molar-refractivity contribution in [1.82, 2.24) is 9.78 Å². The lowest BCUT2D eigenvalue weighted by Gasteiger charge is -2.05. The van der Waals surface area contributed by atoms with Gasteiger partial charge in [0.1, 0.15) is 0 Å². The number of hydrogen-bond acceptors (Lipinski definition) is 2. The maximum atomic E-state index is 4.30. The molecular formula is C13H17N3. The van der Waals surface area contributed by atoms with Crippen LogP contribution in [0, 0.1) is 13.8 Å². The summed E-state index contributed by atoms with van der Waals surface area (Å²) in [6, 6.07) is 8.52. The zero-order chi connectivity index (χ0) is 11.5. The molecule has 0 saturated heterocycles. The number of anilines is 1. The van der Waals surface area contributed by atoms with Gasteiger partial charge in [-0.15, -0.1) is 0 Å². The van der Waals surface area contributed by atoms with Gasteiger partial charge in [-0.05, 0) is 19.4 Å². The van der Waals surface area contributed by atoms with E-state index in [0.717, 1.165) is 17.9 Å². The highest BCUT2D eigenvalue weighted by molar-refractivity contribution is 5.46. The molecule has 0 spiro atoms. The predicted octanol–water partition coefficient (Wildman–Crippen LogP) is 2.65. The summed E-state index contributed by atoms with van der Waals surface area (Å²) in [6.45, 7) is 4.96. The number of nitrogens with one attached hydrogen (secondary N) is 1. The number of rotatable bonds is 3. The molecule has 0 fully saturated rings. The Morgan fingerprint density at radius 1 is 1.31 bits per heavy atom. The summed E-state index contributed by atoms with van der Waals surface area (Å²) >= 11 is 0. The van der Waals surface area contributed by atoms with Crippen molar-refractivity contribution in [2.24, 2.45) is 7.05 Å². The summed E-state index contributed by atoms with van der Waals surface area (Å²) in [7, 11) is 1.94. The highest BCUT2D eigenvalue weighted by Gasteiger charge is 2.01. The fourth-order valence-electron chi connectivity index (χ4n) is 1.79. The minimum atomic E-state index is 0.841. The summed E-state index contributed by atoms with van der Waals surface area (Å²) in [5, 5.41) is 7.69. The molecule has 0 unspecified atom stereocenters. The number of aromatic nitrogens is 2. The Morgan fingerprint density at radius 3 is 2.75 bits per heavy atom. The molecule has 1 heterocycles. The van der Waals surface area contributed by atoms with Crippen molar-refractivity contribution in [3.63, 3.8) is 0 Å². The Balaban J connectivity index is 2.05. The van der Waals surface area contributed by atoms with Crippen LogP contribution in [-0.4, -0.2) is 9.78 Å². The van der Waals surface area contributed by atoms with E-state index < -0.39 is 0 Å². The molecule has 0 aliphatic rings. The molecule has 16 heavy (non-hydrogen) atoms. The van der Waals surface area contributed by atoms with Crippen molar-refractivity contribution < 1.29 is 0 Å². The van der Waals surface area contributed by atoms with Crippen LogP contribution < -0.4 is 5.32 Å². The second-order valence-corrected chi connectivity index (χ2v) is 4.14. The molecule has 0 bridgehead atoms. The number of aryl methyl sites for hydroxylation is 3. The van der Waals surface area contributed by atoms with Crippen molar-refractivity contribution >= 4 is 5.69 Å². The normalized spacial score (nSPS) is 10.4. The largest absolute Gasteiger partial charge is 0.378 e. The van der Waals surface area contributed by atoms with Gasteiger partial charge in [0.25, 0.3) is 0 Å². The Labute approximate surface area is 96.1 Å². The second kappa shape index (κ2) is 4.39. The lowest BCUT2D eigenvalue weighted by molar-refractivity contribution is 0.756. The summed E-state index contributed by atoms with van der Waals surface area (Å²) in [4.78, 5) is 0. The third kappa shape index (κ3) is 2.42. The van der Waals surface area contributed by atoms with Gasteiger partial charge in [0.05, 0.1) is 11.4 Å². The van der Waals surface area contributed by atoms with Crippen molar-refractivity contribution in [2.45, 2.75) is 20.4 Å². The SMILES string of the molecule is Cc1cccc(CNc2cn(C)nc2C)c1. The number of benzene rings is 1. The quantitative estimate of drug-likeness (QED) is 0.853. The molecule has 3 nitrogen and oxygen atoms in total. The Kier molecular flexibility index (Phi) is 2.95. The summed E-state index contributed by atoms with van der Waals surface area (Å²) in [6.07, 6.45) is 2.01. The molecule has 1 N–H and O–H groups in total. The van der Waals surface area contributed by atoms with Gasteiger partial charge in [-0.2, -0.15) is 5.10 Å². The molecule has 0 saturated carbocycles. The van der Waals surface area contributed by atoms with E-state index in [-0.39, 0.29) is 0 Å². The first kappa shape index (κ1) is 10.7. The molecule has 2 aromatic rings. The Hall–Kier alpha value is -1.77. The maximum Gasteiger partial charge on any atom is 0.0825 e. The van der Waals surface area contributed by atoms with Crippen LogP contribution in [0.2, 0.25) is 0 Å². The summed E-state index contributed by atoms with van der Waals surface area (Å²) < 4.78 is 1.83. The molecule has 0 atom stereocenters. The standard InChI is InChI=1S/C13H17N3/c1-10-5-4-6-12(7-10)8-14-13-9-16(3)15-11(13)2/h4-7,9,14H,8H2,1-3H3. The number of hydrogen-bond donors (Lipinski definition) is 1. The molecule has 1 aromatic heterocycles. The zero-order valence-corrected chi connectivity index (χ0v) is 9.99. The van der Waals surface area contributed by atoms with Gasteiger partial charge >= 0.3 is 0 Å². The molecule has 0 radical (unpaired) electrons. The Morgan fingerprint density at radius 2 is 2.12 bits per heavy atom. The first-order valence-corrected chi connectivity index (χ1v) is 5.45. The van der Waals surface area contributed by atoms with Gasteiger partial charge in [-0.25, -0.2) is 0 Å². The zero-order valence-electron chi connectivity index (χ0n) is 9.99. The van der Waals surface area contributed by atoms with E-state index >= 15 is 0 Å². The molecule has 0 amide bonds. The second-order valence-electron chi connectivity index (χ2n) is 4.14. The third-order valence-electron chi connectivity index (χ3n) is 2.58. The molecule has 2 rings (SSSR count). The van der Waals surface area contributed by atoms with E-state index in [0.29, 0.717) is 0 Å². The molecule has 84 valence electrons. The van der Waals surface area contributed by atoms with Crippen molar-refractivity contribution in [2.75, 3.05) is 5.32 Å². The van der Waals surface area contributed by atoms with Crippen LogP contribution in [0.15, 0.2) is 30.5 Å². The van der Waals surface area contributed by atoms with Crippen LogP contribution in [-0.2, 0) is 13.6 Å². The third-order valence-corrected chi connectivity index (χ3v) is 2.58. The highest BCUT2D eigenvalue weighted by atomic mass is 15.3. The molecule has 3 heteroatoms. The lowest BCUT2D eigenvalue weighted by Crippen LogP contribution is -1.99. The highest BCUT2D eigenvalue weighted by Crippen LogP contribution is 2.13. The predicted molar refractivity (Wildman–Crippen MR) is 66.5 cm³/mol. The van der Waals surface area contributed by atoms with Crippen LogP contribution in [0.4, 0.5) is 5.69 Å². The molecule has 0 aliphatic carbocycles. The fraction of sp³-hybridized carbons (Fsp3) is 0.308. The monoisotopic (exact) mass is 215 g/mol. The minimum Gasteiger partial charge on any atom is -0.378 e. The van der Waals surface area contributed by atoms with Crippen molar-refractivity contribution in [3.8, 4) is 0 Å². The first-order valence-electron chi connectivity index (χ1n) is 5.45. The van der Waals surface area contributed by atoms with E-state index in [1.54, 1.807) is 0 Å². The fourth-order valence-corrected chi connectivity index (χ4v) is 1.79. The van der Waals surface area contributed by atoms with Gasteiger partial charge < -0.3 is 5.32 Å². The van der Waals surface area contributed by atoms with Crippen molar-refractivity contribution in [3.05, 3.63) is 47.3 Å². The first-order chi connectivity index (χ1) is 7.65.